The molecule has 1 aromatic heterocycles. The number of rotatable bonds is 6. The van der Waals surface area contributed by atoms with Crippen LogP contribution in [0.5, 0.6) is 0 Å². The van der Waals surface area contributed by atoms with E-state index in [0.717, 1.165) is 17.4 Å². The molecule has 16 heavy (non-hydrogen) atoms. The Labute approximate surface area is 104 Å². The molecule has 0 saturated carbocycles. The van der Waals surface area contributed by atoms with Crippen LogP contribution in [-0.2, 0) is 0 Å². The Bertz CT molecular complexity index is 333. The molecule has 0 aliphatic rings. The van der Waals surface area contributed by atoms with Crippen LogP contribution >= 0.6 is 15.9 Å². The summed E-state index contributed by atoms with van der Waals surface area (Å²) in [5, 5.41) is 15.3. The predicted molar refractivity (Wildman–Crippen MR) is 68.7 cm³/mol. The maximum atomic E-state index is 9.18. The van der Waals surface area contributed by atoms with E-state index in [1.165, 1.54) is 0 Å². The SMILES string of the molecule is CCCNc1ncc(Br)c(NCC(C)O)n1. The molecule has 1 unspecified atom stereocenters. The van der Waals surface area contributed by atoms with Crippen molar-refractivity contribution in [3.63, 3.8) is 0 Å². The van der Waals surface area contributed by atoms with E-state index in [0.29, 0.717) is 18.3 Å². The highest BCUT2D eigenvalue weighted by Crippen LogP contribution is 2.19. The largest absolute Gasteiger partial charge is 0.392 e. The van der Waals surface area contributed by atoms with Crippen molar-refractivity contribution < 1.29 is 5.11 Å². The number of aliphatic hydroxyl groups excluding tert-OH is 1. The summed E-state index contributed by atoms with van der Waals surface area (Å²) >= 11 is 3.35. The molecule has 90 valence electrons. The molecule has 0 aliphatic carbocycles. The Morgan fingerprint density at radius 3 is 2.88 bits per heavy atom. The monoisotopic (exact) mass is 288 g/mol. The third-order valence-corrected chi connectivity index (χ3v) is 2.42. The first-order valence-electron chi connectivity index (χ1n) is 5.31. The molecule has 0 saturated heterocycles. The summed E-state index contributed by atoms with van der Waals surface area (Å²) in [7, 11) is 0. The fraction of sp³-hybridized carbons (Fsp3) is 0.600. The number of hydrogen-bond acceptors (Lipinski definition) is 5. The highest BCUT2D eigenvalue weighted by molar-refractivity contribution is 9.10. The Morgan fingerprint density at radius 2 is 2.25 bits per heavy atom. The van der Waals surface area contributed by atoms with Gasteiger partial charge in [-0.3, -0.25) is 0 Å². The second-order valence-electron chi connectivity index (χ2n) is 3.55. The van der Waals surface area contributed by atoms with E-state index < -0.39 is 6.10 Å². The molecule has 3 N–H and O–H groups in total. The molecule has 0 amide bonds. The normalized spacial score (nSPS) is 12.2. The molecule has 0 bridgehead atoms. The lowest BCUT2D eigenvalue weighted by Crippen LogP contribution is -2.17. The van der Waals surface area contributed by atoms with Crippen LogP contribution in [0.25, 0.3) is 0 Å². The van der Waals surface area contributed by atoms with Gasteiger partial charge in [0.05, 0.1) is 10.6 Å². The minimum atomic E-state index is -0.408. The van der Waals surface area contributed by atoms with Gasteiger partial charge in [0.25, 0.3) is 0 Å². The molecular weight excluding hydrogens is 272 g/mol. The summed E-state index contributed by atoms with van der Waals surface area (Å²) in [6.07, 6.45) is 2.31. The van der Waals surface area contributed by atoms with Crippen LogP contribution in [0.1, 0.15) is 20.3 Å². The van der Waals surface area contributed by atoms with Crippen LogP contribution in [-0.4, -0.2) is 34.3 Å². The molecule has 0 fully saturated rings. The van der Waals surface area contributed by atoms with Gasteiger partial charge in [0.2, 0.25) is 5.95 Å². The van der Waals surface area contributed by atoms with Gasteiger partial charge in [-0.15, -0.1) is 0 Å². The molecule has 0 aromatic carbocycles. The summed E-state index contributed by atoms with van der Waals surface area (Å²) in [6, 6.07) is 0. The molecule has 1 atom stereocenters. The summed E-state index contributed by atoms with van der Waals surface area (Å²) in [5.74, 6) is 1.28. The van der Waals surface area contributed by atoms with Crippen LogP contribution in [0.3, 0.4) is 0 Å². The van der Waals surface area contributed by atoms with Gasteiger partial charge in [-0.1, -0.05) is 6.92 Å². The van der Waals surface area contributed by atoms with Gasteiger partial charge in [-0.2, -0.15) is 4.98 Å². The molecule has 0 spiro atoms. The van der Waals surface area contributed by atoms with Crippen molar-refractivity contribution in [2.45, 2.75) is 26.4 Å². The van der Waals surface area contributed by atoms with E-state index in [2.05, 4.69) is 43.5 Å². The van der Waals surface area contributed by atoms with Gasteiger partial charge in [0.1, 0.15) is 5.82 Å². The Kier molecular flexibility index (Phi) is 5.48. The molecule has 0 aliphatic heterocycles. The van der Waals surface area contributed by atoms with Gasteiger partial charge in [-0.05, 0) is 29.3 Å². The maximum Gasteiger partial charge on any atom is 0.224 e. The zero-order valence-electron chi connectivity index (χ0n) is 9.50. The quantitative estimate of drug-likeness (QED) is 0.745. The molecule has 5 nitrogen and oxygen atoms in total. The van der Waals surface area contributed by atoms with Crippen LogP contribution in [0.2, 0.25) is 0 Å². The van der Waals surface area contributed by atoms with Gasteiger partial charge >= 0.3 is 0 Å². The van der Waals surface area contributed by atoms with Gasteiger partial charge < -0.3 is 15.7 Å². The van der Waals surface area contributed by atoms with Crippen molar-refractivity contribution in [1.29, 1.82) is 0 Å². The highest BCUT2D eigenvalue weighted by atomic mass is 79.9. The number of anilines is 2. The summed E-state index contributed by atoms with van der Waals surface area (Å²) in [5.41, 5.74) is 0. The van der Waals surface area contributed by atoms with E-state index in [4.69, 9.17) is 0 Å². The fourth-order valence-electron chi connectivity index (χ4n) is 1.06. The molecule has 6 heteroatoms. The van der Waals surface area contributed by atoms with Crippen molar-refractivity contribution in [3.05, 3.63) is 10.7 Å². The number of hydrogen-bond donors (Lipinski definition) is 3. The van der Waals surface area contributed by atoms with E-state index in [-0.39, 0.29) is 0 Å². The lowest BCUT2D eigenvalue weighted by molar-refractivity contribution is 0.208. The third-order valence-electron chi connectivity index (χ3n) is 1.84. The standard InChI is InChI=1S/C10H17BrN4O/c1-3-4-12-10-14-6-8(11)9(15-10)13-5-7(2)16/h6-7,16H,3-5H2,1-2H3,(H2,12,13,14,15). The summed E-state index contributed by atoms with van der Waals surface area (Å²) < 4.78 is 0.787. The van der Waals surface area contributed by atoms with Gasteiger partial charge in [-0.25, -0.2) is 4.98 Å². The van der Waals surface area contributed by atoms with Crippen LogP contribution in [0.15, 0.2) is 10.7 Å². The average molecular weight is 289 g/mol. The average Bonchev–Trinajstić information content (AvgIpc) is 2.26. The van der Waals surface area contributed by atoms with E-state index in [9.17, 15) is 5.11 Å². The zero-order valence-corrected chi connectivity index (χ0v) is 11.1. The minimum absolute atomic E-state index is 0.408. The number of nitrogens with zero attached hydrogens (tertiary/aromatic N) is 2. The van der Waals surface area contributed by atoms with Crippen molar-refractivity contribution >= 4 is 27.7 Å². The van der Waals surface area contributed by atoms with E-state index in [1.54, 1.807) is 13.1 Å². The Morgan fingerprint density at radius 1 is 1.50 bits per heavy atom. The first-order chi connectivity index (χ1) is 7.63. The lowest BCUT2D eigenvalue weighted by Gasteiger charge is -2.10. The van der Waals surface area contributed by atoms with E-state index in [1.807, 2.05) is 0 Å². The Balaban J connectivity index is 2.66. The molecule has 0 radical (unpaired) electrons. The molecule has 1 aromatic rings. The van der Waals surface area contributed by atoms with Crippen molar-refractivity contribution in [2.24, 2.45) is 0 Å². The highest BCUT2D eigenvalue weighted by Gasteiger charge is 2.05. The molecule has 1 rings (SSSR count). The van der Waals surface area contributed by atoms with Crippen molar-refractivity contribution in [2.75, 3.05) is 23.7 Å². The first kappa shape index (κ1) is 13.2. The summed E-state index contributed by atoms with van der Waals surface area (Å²) in [4.78, 5) is 8.42. The van der Waals surface area contributed by atoms with E-state index >= 15 is 0 Å². The van der Waals surface area contributed by atoms with Gasteiger partial charge in [0, 0.05) is 19.3 Å². The maximum absolute atomic E-state index is 9.18. The van der Waals surface area contributed by atoms with Crippen molar-refractivity contribution in [1.82, 2.24) is 9.97 Å². The number of nitrogens with one attached hydrogen (secondary N) is 2. The second kappa shape index (κ2) is 6.65. The smallest absolute Gasteiger partial charge is 0.224 e. The van der Waals surface area contributed by atoms with Crippen LogP contribution < -0.4 is 10.6 Å². The van der Waals surface area contributed by atoms with Crippen LogP contribution in [0, 0.1) is 0 Å². The van der Waals surface area contributed by atoms with Gasteiger partial charge in [0.15, 0.2) is 0 Å². The topological polar surface area (TPSA) is 70.1 Å². The minimum Gasteiger partial charge on any atom is -0.392 e. The third kappa shape index (κ3) is 4.32. The number of aliphatic hydroxyl groups is 1. The summed E-state index contributed by atoms with van der Waals surface area (Å²) in [6.45, 7) is 5.11. The van der Waals surface area contributed by atoms with Crippen LogP contribution in [0.4, 0.5) is 11.8 Å². The number of aromatic nitrogens is 2. The number of halogens is 1. The Hall–Kier alpha value is -0.880. The predicted octanol–water partition coefficient (Wildman–Crippen LogP) is 1.85. The fourth-order valence-corrected chi connectivity index (χ4v) is 1.39. The zero-order chi connectivity index (χ0) is 12.0. The molecule has 1 heterocycles. The second-order valence-corrected chi connectivity index (χ2v) is 4.40. The molecular formula is C10H17BrN4O. The lowest BCUT2D eigenvalue weighted by atomic mass is 10.4. The van der Waals surface area contributed by atoms with Crippen molar-refractivity contribution in [3.8, 4) is 0 Å². The first-order valence-corrected chi connectivity index (χ1v) is 6.11.